The van der Waals surface area contributed by atoms with Crippen molar-refractivity contribution in [2.24, 2.45) is 0 Å². The third-order valence-electron chi connectivity index (χ3n) is 4.55. The molecule has 29 heavy (non-hydrogen) atoms. The second-order valence-corrected chi connectivity index (χ2v) is 6.52. The Balaban J connectivity index is 2.57. The molecule has 158 valence electrons. The van der Waals surface area contributed by atoms with Crippen molar-refractivity contribution in [3.05, 3.63) is 33.9 Å². The number of carboxylic acid groups (broad SMARTS) is 1. The number of halogens is 3. The molecule has 1 aromatic rings. The standard InChI is InChI=1S/C19H20F3NO6/c1-9(5-7-13(24)25)4-6-11-15(23-18(27)19(20,21)22)14-12(8-29-17(14)26)10(2)16(11)28-3/h4H,5-8H2,1-3H3,(H,23,27)(H,24,25)/p-1/b9-4+. The molecule has 0 radical (unpaired) electrons. The predicted molar refractivity (Wildman–Crippen MR) is 93.2 cm³/mol. The third-order valence-corrected chi connectivity index (χ3v) is 4.55. The third kappa shape index (κ3) is 4.87. The van der Waals surface area contributed by atoms with Gasteiger partial charge in [-0.1, -0.05) is 11.6 Å². The highest BCUT2D eigenvalue weighted by molar-refractivity contribution is 6.07. The normalized spacial score (nSPS) is 13.7. The first-order valence-electron chi connectivity index (χ1n) is 8.60. The summed E-state index contributed by atoms with van der Waals surface area (Å²) in [6, 6.07) is 0. The largest absolute Gasteiger partial charge is 0.550 e. The molecule has 1 aromatic carbocycles. The van der Waals surface area contributed by atoms with Gasteiger partial charge in [0.2, 0.25) is 0 Å². The molecule has 2 rings (SSSR count). The van der Waals surface area contributed by atoms with Gasteiger partial charge in [-0.2, -0.15) is 13.2 Å². The van der Waals surface area contributed by atoms with Crippen molar-refractivity contribution >= 4 is 23.5 Å². The summed E-state index contributed by atoms with van der Waals surface area (Å²) in [4.78, 5) is 34.3. The van der Waals surface area contributed by atoms with Gasteiger partial charge in [0.15, 0.2) is 0 Å². The Kier molecular flexibility index (Phi) is 6.55. The maximum absolute atomic E-state index is 12.8. The van der Waals surface area contributed by atoms with Crippen LogP contribution in [-0.4, -0.2) is 31.1 Å². The highest BCUT2D eigenvalue weighted by Gasteiger charge is 2.41. The van der Waals surface area contributed by atoms with Gasteiger partial charge in [0.1, 0.15) is 12.4 Å². The van der Waals surface area contributed by atoms with E-state index in [1.165, 1.54) is 7.11 Å². The van der Waals surface area contributed by atoms with E-state index in [2.05, 4.69) is 0 Å². The zero-order valence-corrected chi connectivity index (χ0v) is 16.0. The summed E-state index contributed by atoms with van der Waals surface area (Å²) in [5, 5.41) is 12.4. The van der Waals surface area contributed by atoms with Gasteiger partial charge >= 0.3 is 18.1 Å². The van der Waals surface area contributed by atoms with Crippen LogP contribution in [0.15, 0.2) is 11.6 Å². The fraction of sp³-hybridized carbons (Fsp3) is 0.421. The number of carbonyl (C=O) groups is 3. The van der Waals surface area contributed by atoms with Gasteiger partial charge in [-0.15, -0.1) is 0 Å². The molecule has 0 aromatic heterocycles. The van der Waals surface area contributed by atoms with Crippen molar-refractivity contribution in [1.29, 1.82) is 0 Å². The number of methoxy groups -OCH3 is 1. The number of benzene rings is 1. The number of hydrogen-bond acceptors (Lipinski definition) is 6. The molecule has 0 saturated carbocycles. The van der Waals surface area contributed by atoms with Gasteiger partial charge in [-0.25, -0.2) is 4.79 Å². The fourth-order valence-corrected chi connectivity index (χ4v) is 3.05. The lowest BCUT2D eigenvalue weighted by Gasteiger charge is -2.20. The first kappa shape index (κ1) is 22.3. The van der Waals surface area contributed by atoms with E-state index in [4.69, 9.17) is 9.47 Å². The SMILES string of the molecule is COc1c(C)c2c(c(NC(=O)C(F)(F)F)c1C/C=C(\C)CCC(=O)[O-])C(=O)OC2. The van der Waals surface area contributed by atoms with E-state index in [0.717, 1.165) is 0 Å². The second kappa shape index (κ2) is 8.54. The van der Waals surface area contributed by atoms with Crippen molar-refractivity contribution in [1.82, 2.24) is 0 Å². The van der Waals surface area contributed by atoms with Crippen molar-refractivity contribution in [3.8, 4) is 5.75 Å². The Morgan fingerprint density at radius 2 is 1.97 bits per heavy atom. The minimum Gasteiger partial charge on any atom is -0.550 e. The first-order chi connectivity index (χ1) is 13.5. The summed E-state index contributed by atoms with van der Waals surface area (Å²) in [6.45, 7) is 3.13. The van der Waals surface area contributed by atoms with Gasteiger partial charge in [0.25, 0.3) is 0 Å². The van der Waals surface area contributed by atoms with E-state index in [0.29, 0.717) is 16.7 Å². The topological polar surface area (TPSA) is 105 Å². The average Bonchev–Trinajstić information content (AvgIpc) is 3.01. The van der Waals surface area contributed by atoms with E-state index in [1.54, 1.807) is 25.2 Å². The summed E-state index contributed by atoms with van der Waals surface area (Å²) >= 11 is 0. The van der Waals surface area contributed by atoms with Gasteiger partial charge in [0.05, 0.1) is 18.4 Å². The van der Waals surface area contributed by atoms with Crippen LogP contribution in [0.4, 0.5) is 18.9 Å². The van der Waals surface area contributed by atoms with Crippen molar-refractivity contribution in [2.75, 3.05) is 12.4 Å². The number of hydrogen-bond donors (Lipinski definition) is 1. The van der Waals surface area contributed by atoms with E-state index >= 15 is 0 Å². The smallest absolute Gasteiger partial charge is 0.471 e. The van der Waals surface area contributed by atoms with Crippen LogP contribution in [0.3, 0.4) is 0 Å². The number of cyclic esters (lactones) is 1. The van der Waals surface area contributed by atoms with E-state index < -0.39 is 24.0 Å². The van der Waals surface area contributed by atoms with Crippen LogP contribution >= 0.6 is 0 Å². The maximum Gasteiger partial charge on any atom is 0.471 e. The molecule has 0 bridgehead atoms. The Morgan fingerprint density at radius 1 is 1.31 bits per heavy atom. The van der Waals surface area contributed by atoms with Crippen molar-refractivity contribution < 1.29 is 42.1 Å². The molecule has 0 unspecified atom stereocenters. The molecule has 0 spiro atoms. The van der Waals surface area contributed by atoms with Crippen LogP contribution in [0.1, 0.15) is 46.8 Å². The molecule has 1 N–H and O–H groups in total. The number of esters is 1. The van der Waals surface area contributed by atoms with E-state index in [-0.39, 0.29) is 48.4 Å². The van der Waals surface area contributed by atoms with Crippen LogP contribution in [0.25, 0.3) is 0 Å². The van der Waals surface area contributed by atoms with E-state index in [9.17, 15) is 32.7 Å². The van der Waals surface area contributed by atoms with Gasteiger partial charge in [0, 0.05) is 17.1 Å². The second-order valence-electron chi connectivity index (χ2n) is 6.52. The number of rotatable bonds is 7. The average molecular weight is 414 g/mol. The molecule has 0 aliphatic carbocycles. The quantitative estimate of drug-likeness (QED) is 0.542. The summed E-state index contributed by atoms with van der Waals surface area (Å²) in [7, 11) is 1.32. The molecule has 1 aliphatic heterocycles. The number of carboxylic acids is 1. The number of amides is 1. The Bertz CT molecular complexity index is 889. The highest BCUT2D eigenvalue weighted by atomic mass is 19.4. The monoisotopic (exact) mass is 414 g/mol. The number of ether oxygens (including phenoxy) is 2. The van der Waals surface area contributed by atoms with Gasteiger partial charge in [-0.05, 0) is 38.7 Å². The number of allylic oxidation sites excluding steroid dienone is 2. The zero-order valence-electron chi connectivity index (χ0n) is 16.0. The summed E-state index contributed by atoms with van der Waals surface area (Å²) < 4.78 is 48.8. The molecule has 1 amide bonds. The van der Waals surface area contributed by atoms with Crippen LogP contribution in [0.2, 0.25) is 0 Å². The summed E-state index contributed by atoms with van der Waals surface area (Å²) in [6.07, 6.45) is -3.61. The lowest BCUT2D eigenvalue weighted by molar-refractivity contribution is -0.305. The molecule has 0 fully saturated rings. The van der Waals surface area contributed by atoms with Crippen LogP contribution in [0, 0.1) is 6.92 Å². The van der Waals surface area contributed by atoms with Crippen LogP contribution < -0.4 is 15.2 Å². The number of nitrogens with one attached hydrogen (secondary N) is 1. The van der Waals surface area contributed by atoms with Crippen LogP contribution in [0.5, 0.6) is 5.75 Å². The minimum absolute atomic E-state index is 0.00305. The maximum atomic E-state index is 12.8. The molecule has 1 heterocycles. The molecule has 10 heteroatoms. The Hall–Kier alpha value is -3.04. The van der Waals surface area contributed by atoms with E-state index in [1.807, 2.05) is 0 Å². The van der Waals surface area contributed by atoms with Crippen molar-refractivity contribution in [2.45, 2.75) is 45.9 Å². The minimum atomic E-state index is -5.16. The fourth-order valence-electron chi connectivity index (χ4n) is 3.05. The number of carbonyl (C=O) groups excluding carboxylic acids is 3. The number of aliphatic carboxylic acids is 1. The molecule has 0 atom stereocenters. The van der Waals surface area contributed by atoms with Crippen molar-refractivity contribution in [3.63, 3.8) is 0 Å². The number of anilines is 1. The molecular weight excluding hydrogens is 395 g/mol. The Labute approximate surface area is 164 Å². The number of alkyl halides is 3. The summed E-state index contributed by atoms with van der Waals surface area (Å²) in [5.74, 6) is -4.10. The molecule has 1 aliphatic rings. The predicted octanol–water partition coefficient (Wildman–Crippen LogP) is 2.19. The molecule has 7 nitrogen and oxygen atoms in total. The molecular formula is C19H19F3NO6-. The number of fused-ring (bicyclic) bond motifs is 1. The van der Waals surface area contributed by atoms with Gasteiger partial charge < -0.3 is 24.7 Å². The summed E-state index contributed by atoms with van der Waals surface area (Å²) in [5.41, 5.74) is 1.19. The zero-order chi connectivity index (χ0) is 21.9. The Morgan fingerprint density at radius 3 is 2.52 bits per heavy atom. The van der Waals surface area contributed by atoms with Crippen LogP contribution in [-0.2, 0) is 27.4 Å². The molecule has 0 saturated heterocycles. The van der Waals surface area contributed by atoms with Gasteiger partial charge in [-0.3, -0.25) is 4.79 Å². The first-order valence-corrected chi connectivity index (χ1v) is 8.60. The lowest BCUT2D eigenvalue weighted by Crippen LogP contribution is -2.31. The highest BCUT2D eigenvalue weighted by Crippen LogP contribution is 2.42. The lowest BCUT2D eigenvalue weighted by atomic mass is 9.93.